The van der Waals surface area contributed by atoms with Crippen LogP contribution in [-0.4, -0.2) is 39.3 Å². The van der Waals surface area contributed by atoms with Crippen molar-refractivity contribution in [2.45, 2.75) is 19.4 Å². The molecular formula is C17H22N4. The summed E-state index contributed by atoms with van der Waals surface area (Å²) in [5.74, 6) is 0.686. The van der Waals surface area contributed by atoms with E-state index in [0.29, 0.717) is 5.92 Å². The summed E-state index contributed by atoms with van der Waals surface area (Å²) < 4.78 is 1.95. The number of piperidine rings is 1. The zero-order valence-corrected chi connectivity index (χ0v) is 12.3. The third-order valence-electron chi connectivity index (χ3n) is 3.99. The lowest BCUT2D eigenvalue weighted by Gasteiger charge is -2.31. The Balaban J connectivity index is 1.48. The smallest absolute Gasteiger partial charge is 0.137 e. The highest BCUT2D eigenvalue weighted by Gasteiger charge is 2.19. The first kappa shape index (κ1) is 14.0. The van der Waals surface area contributed by atoms with Gasteiger partial charge in [-0.05, 0) is 30.9 Å². The van der Waals surface area contributed by atoms with E-state index >= 15 is 0 Å². The molecule has 1 saturated heterocycles. The quantitative estimate of drug-likeness (QED) is 0.845. The van der Waals surface area contributed by atoms with Gasteiger partial charge in [0.05, 0.1) is 0 Å². The minimum atomic E-state index is 0.686. The normalized spacial score (nSPS) is 20.1. The second kappa shape index (κ2) is 7.18. The molecule has 0 spiro atoms. The van der Waals surface area contributed by atoms with Crippen molar-refractivity contribution >= 4 is 6.08 Å². The highest BCUT2D eigenvalue weighted by molar-refractivity contribution is 5.48. The summed E-state index contributed by atoms with van der Waals surface area (Å²) in [6.45, 7) is 4.37. The molecule has 0 unspecified atom stereocenters. The van der Waals surface area contributed by atoms with Crippen LogP contribution in [-0.2, 0) is 6.54 Å². The molecule has 0 aliphatic carbocycles. The molecule has 21 heavy (non-hydrogen) atoms. The van der Waals surface area contributed by atoms with Crippen LogP contribution in [0.1, 0.15) is 18.4 Å². The molecule has 0 saturated carbocycles. The van der Waals surface area contributed by atoms with Gasteiger partial charge in [-0.2, -0.15) is 5.10 Å². The van der Waals surface area contributed by atoms with Gasteiger partial charge in [-0.3, -0.25) is 9.58 Å². The van der Waals surface area contributed by atoms with Crippen LogP contribution >= 0.6 is 0 Å². The average Bonchev–Trinajstić information content (AvgIpc) is 3.02. The Hall–Kier alpha value is -1.94. The SMILES string of the molecule is C(=Cc1ccccc1)CN1CCC[C@H](Cn2cncn2)C1. The van der Waals surface area contributed by atoms with Gasteiger partial charge >= 0.3 is 0 Å². The molecule has 110 valence electrons. The molecule has 1 atom stereocenters. The van der Waals surface area contributed by atoms with Gasteiger partial charge in [-0.15, -0.1) is 0 Å². The van der Waals surface area contributed by atoms with E-state index < -0.39 is 0 Å². The van der Waals surface area contributed by atoms with Crippen LogP contribution in [0.25, 0.3) is 6.08 Å². The van der Waals surface area contributed by atoms with Crippen LogP contribution in [0.2, 0.25) is 0 Å². The van der Waals surface area contributed by atoms with Gasteiger partial charge < -0.3 is 0 Å². The van der Waals surface area contributed by atoms with Crippen LogP contribution in [0.3, 0.4) is 0 Å². The van der Waals surface area contributed by atoms with E-state index in [2.05, 4.69) is 57.5 Å². The van der Waals surface area contributed by atoms with Crippen molar-refractivity contribution < 1.29 is 0 Å². The largest absolute Gasteiger partial charge is 0.299 e. The molecule has 2 aromatic rings. The lowest BCUT2D eigenvalue weighted by atomic mass is 9.98. The minimum absolute atomic E-state index is 0.686. The van der Waals surface area contributed by atoms with E-state index in [9.17, 15) is 0 Å². The molecule has 3 rings (SSSR count). The fourth-order valence-electron chi connectivity index (χ4n) is 2.96. The lowest BCUT2D eigenvalue weighted by molar-refractivity contribution is 0.174. The zero-order valence-electron chi connectivity index (χ0n) is 12.3. The van der Waals surface area contributed by atoms with Crippen molar-refractivity contribution in [2.24, 2.45) is 5.92 Å². The number of hydrogen-bond donors (Lipinski definition) is 0. The van der Waals surface area contributed by atoms with E-state index in [4.69, 9.17) is 0 Å². The predicted octanol–water partition coefficient (Wildman–Crippen LogP) is 2.70. The monoisotopic (exact) mass is 282 g/mol. The highest BCUT2D eigenvalue weighted by atomic mass is 15.3. The Morgan fingerprint density at radius 3 is 2.95 bits per heavy atom. The maximum atomic E-state index is 4.21. The topological polar surface area (TPSA) is 34.0 Å². The van der Waals surface area contributed by atoms with E-state index in [1.807, 2.05) is 11.0 Å². The molecule has 4 nitrogen and oxygen atoms in total. The zero-order chi connectivity index (χ0) is 14.3. The summed E-state index contributed by atoms with van der Waals surface area (Å²) in [6.07, 6.45) is 10.5. The van der Waals surface area contributed by atoms with Gasteiger partial charge in [0.15, 0.2) is 0 Å². The Morgan fingerprint density at radius 1 is 1.24 bits per heavy atom. The highest BCUT2D eigenvalue weighted by Crippen LogP contribution is 2.17. The van der Waals surface area contributed by atoms with Crippen molar-refractivity contribution in [2.75, 3.05) is 19.6 Å². The summed E-state index contributed by atoms with van der Waals surface area (Å²) in [5.41, 5.74) is 1.27. The summed E-state index contributed by atoms with van der Waals surface area (Å²) in [6, 6.07) is 10.5. The molecule has 1 aliphatic heterocycles. The van der Waals surface area contributed by atoms with Crippen LogP contribution in [0.15, 0.2) is 49.1 Å². The second-order valence-electron chi connectivity index (χ2n) is 5.70. The second-order valence-corrected chi connectivity index (χ2v) is 5.70. The van der Waals surface area contributed by atoms with Crippen molar-refractivity contribution in [1.29, 1.82) is 0 Å². The number of benzene rings is 1. The summed E-state index contributed by atoms with van der Waals surface area (Å²) in [5, 5.41) is 4.21. The van der Waals surface area contributed by atoms with Gasteiger partial charge in [-0.1, -0.05) is 42.5 Å². The Morgan fingerprint density at radius 2 is 2.14 bits per heavy atom. The first-order valence-corrected chi connectivity index (χ1v) is 7.66. The third-order valence-corrected chi connectivity index (χ3v) is 3.99. The van der Waals surface area contributed by atoms with Gasteiger partial charge in [-0.25, -0.2) is 4.98 Å². The number of aromatic nitrogens is 3. The standard InChI is InChI=1S/C17H22N4/c1-2-6-16(7-3-1)8-4-10-20-11-5-9-17(12-20)13-21-15-18-14-19-21/h1-4,6-8,14-15,17H,5,9-13H2/t17-/m0/s1. The molecule has 4 heteroatoms. The van der Waals surface area contributed by atoms with Gasteiger partial charge in [0.25, 0.3) is 0 Å². The van der Waals surface area contributed by atoms with Crippen LogP contribution in [0.5, 0.6) is 0 Å². The van der Waals surface area contributed by atoms with Crippen molar-refractivity contribution in [3.63, 3.8) is 0 Å². The van der Waals surface area contributed by atoms with Crippen LogP contribution in [0, 0.1) is 5.92 Å². The third kappa shape index (κ3) is 4.26. The van der Waals surface area contributed by atoms with Crippen LogP contribution < -0.4 is 0 Å². The molecule has 1 aromatic carbocycles. The van der Waals surface area contributed by atoms with E-state index in [1.54, 1.807) is 6.33 Å². The van der Waals surface area contributed by atoms with E-state index in [-0.39, 0.29) is 0 Å². The van der Waals surface area contributed by atoms with Gasteiger partial charge in [0.1, 0.15) is 12.7 Å². The predicted molar refractivity (Wildman–Crippen MR) is 84.7 cm³/mol. The average molecular weight is 282 g/mol. The fourth-order valence-corrected chi connectivity index (χ4v) is 2.96. The summed E-state index contributed by atoms with van der Waals surface area (Å²) >= 11 is 0. The Labute approximate surface area is 126 Å². The molecule has 2 heterocycles. The maximum absolute atomic E-state index is 4.21. The molecule has 0 radical (unpaired) electrons. The first-order chi connectivity index (χ1) is 10.4. The maximum Gasteiger partial charge on any atom is 0.137 e. The fraction of sp³-hybridized carbons (Fsp3) is 0.412. The summed E-state index contributed by atoms with van der Waals surface area (Å²) in [7, 11) is 0. The minimum Gasteiger partial charge on any atom is -0.299 e. The van der Waals surface area contributed by atoms with E-state index in [0.717, 1.165) is 19.6 Å². The molecule has 1 fully saturated rings. The first-order valence-electron chi connectivity index (χ1n) is 7.66. The summed E-state index contributed by atoms with van der Waals surface area (Å²) in [4.78, 5) is 6.55. The molecular weight excluding hydrogens is 260 g/mol. The molecule has 1 aliphatic rings. The van der Waals surface area contributed by atoms with Crippen LogP contribution in [0.4, 0.5) is 0 Å². The van der Waals surface area contributed by atoms with Crippen molar-refractivity contribution in [1.82, 2.24) is 19.7 Å². The van der Waals surface area contributed by atoms with Gasteiger partial charge in [0, 0.05) is 19.6 Å². The van der Waals surface area contributed by atoms with Crippen molar-refractivity contribution in [3.8, 4) is 0 Å². The molecule has 0 amide bonds. The lowest BCUT2D eigenvalue weighted by Crippen LogP contribution is -2.37. The van der Waals surface area contributed by atoms with Crippen molar-refractivity contribution in [3.05, 3.63) is 54.6 Å². The molecule has 0 N–H and O–H groups in total. The van der Waals surface area contributed by atoms with Gasteiger partial charge in [0.2, 0.25) is 0 Å². The Bertz CT molecular complexity index is 547. The molecule has 0 bridgehead atoms. The molecule has 1 aromatic heterocycles. The Kier molecular flexibility index (Phi) is 4.79. The number of likely N-dealkylation sites (tertiary alicyclic amines) is 1. The number of nitrogens with zero attached hydrogens (tertiary/aromatic N) is 4. The van der Waals surface area contributed by atoms with E-state index in [1.165, 1.54) is 24.9 Å². The number of rotatable bonds is 5. The number of hydrogen-bond acceptors (Lipinski definition) is 3.